The highest BCUT2D eigenvalue weighted by atomic mass is 16.5. The maximum atomic E-state index is 11.9. The molecule has 2 atom stereocenters. The van der Waals surface area contributed by atoms with E-state index in [0.717, 1.165) is 37.7 Å². The highest BCUT2D eigenvalue weighted by Crippen LogP contribution is 2.18. The molecule has 1 aliphatic rings. The van der Waals surface area contributed by atoms with Crippen molar-refractivity contribution >= 4 is 5.91 Å². The molecule has 0 bridgehead atoms. The van der Waals surface area contributed by atoms with Gasteiger partial charge >= 0.3 is 0 Å². The minimum Gasteiger partial charge on any atom is -0.484 e. The molecule has 1 aromatic rings. The van der Waals surface area contributed by atoms with Gasteiger partial charge in [0, 0.05) is 0 Å². The molecule has 0 aromatic heterocycles. The molecular weight excluding hydrogens is 266 g/mol. The van der Waals surface area contributed by atoms with Gasteiger partial charge < -0.3 is 15.2 Å². The van der Waals surface area contributed by atoms with Gasteiger partial charge in [0.05, 0.1) is 12.1 Å². The molecule has 0 radical (unpaired) electrons. The Morgan fingerprint density at radius 2 is 2.00 bits per heavy atom. The maximum Gasteiger partial charge on any atom is 0.258 e. The van der Waals surface area contributed by atoms with Gasteiger partial charge in [-0.05, 0) is 49.9 Å². The number of carbonyl (C=O) groups is 1. The van der Waals surface area contributed by atoms with E-state index >= 15 is 0 Å². The Kier molecular flexibility index (Phi) is 5.62. The molecule has 0 aliphatic heterocycles. The van der Waals surface area contributed by atoms with Gasteiger partial charge in [0.2, 0.25) is 0 Å². The van der Waals surface area contributed by atoms with E-state index in [0.29, 0.717) is 5.75 Å². The molecular formula is C17H25NO3. The molecule has 1 amide bonds. The van der Waals surface area contributed by atoms with Crippen LogP contribution in [0.3, 0.4) is 0 Å². The normalized spacial score (nSPS) is 22.4. The molecule has 0 spiro atoms. The van der Waals surface area contributed by atoms with Gasteiger partial charge in [-0.2, -0.15) is 0 Å². The molecule has 1 fully saturated rings. The third-order valence-corrected chi connectivity index (χ3v) is 4.17. The standard InChI is InChI=1S/C17H25NO3/c1-12-8-9-14(10-13(12)2)21-11-17(20)18-15-6-4-3-5-7-16(15)19/h8-10,15-16,19H,3-7,11H2,1-2H3,(H,18,20). The summed E-state index contributed by atoms with van der Waals surface area (Å²) in [6, 6.07) is 5.65. The van der Waals surface area contributed by atoms with Gasteiger partial charge in [-0.3, -0.25) is 4.79 Å². The van der Waals surface area contributed by atoms with Crippen LogP contribution in [0.4, 0.5) is 0 Å². The number of nitrogens with one attached hydrogen (secondary N) is 1. The van der Waals surface area contributed by atoms with Gasteiger partial charge in [0.25, 0.3) is 5.91 Å². The number of hydrogen-bond donors (Lipinski definition) is 2. The van der Waals surface area contributed by atoms with Crippen LogP contribution in [0.2, 0.25) is 0 Å². The Bertz CT molecular complexity index is 487. The summed E-state index contributed by atoms with van der Waals surface area (Å²) in [7, 11) is 0. The van der Waals surface area contributed by atoms with Crippen molar-refractivity contribution in [2.24, 2.45) is 0 Å². The second-order valence-electron chi connectivity index (χ2n) is 5.91. The summed E-state index contributed by atoms with van der Waals surface area (Å²) in [5.41, 5.74) is 2.35. The van der Waals surface area contributed by atoms with Gasteiger partial charge in [-0.25, -0.2) is 0 Å². The van der Waals surface area contributed by atoms with E-state index < -0.39 is 6.10 Å². The van der Waals surface area contributed by atoms with E-state index in [1.807, 2.05) is 32.0 Å². The van der Waals surface area contributed by atoms with Crippen molar-refractivity contribution in [3.05, 3.63) is 29.3 Å². The second-order valence-corrected chi connectivity index (χ2v) is 5.91. The van der Waals surface area contributed by atoms with Crippen molar-refractivity contribution in [1.82, 2.24) is 5.32 Å². The second kappa shape index (κ2) is 7.46. The average Bonchev–Trinajstić information content (AvgIpc) is 2.65. The number of carbonyl (C=O) groups excluding carboxylic acids is 1. The van der Waals surface area contributed by atoms with Crippen molar-refractivity contribution in [2.75, 3.05) is 6.61 Å². The first-order valence-corrected chi connectivity index (χ1v) is 7.74. The summed E-state index contributed by atoms with van der Waals surface area (Å²) in [5, 5.41) is 12.9. The van der Waals surface area contributed by atoms with Crippen LogP contribution in [0, 0.1) is 13.8 Å². The topological polar surface area (TPSA) is 58.6 Å². The van der Waals surface area contributed by atoms with Gasteiger partial charge in [-0.15, -0.1) is 0 Å². The lowest BCUT2D eigenvalue weighted by atomic mass is 10.1. The van der Waals surface area contributed by atoms with Crippen LogP contribution in [0.25, 0.3) is 0 Å². The fourth-order valence-electron chi connectivity index (χ4n) is 2.66. The molecule has 116 valence electrons. The molecule has 4 heteroatoms. The Hall–Kier alpha value is -1.55. The maximum absolute atomic E-state index is 11.9. The zero-order valence-electron chi connectivity index (χ0n) is 12.9. The lowest BCUT2D eigenvalue weighted by molar-refractivity contribution is -0.124. The average molecular weight is 291 g/mol. The number of aryl methyl sites for hydroxylation is 2. The van der Waals surface area contributed by atoms with Crippen LogP contribution >= 0.6 is 0 Å². The number of aliphatic hydroxyl groups is 1. The van der Waals surface area contributed by atoms with Crippen LogP contribution in [-0.4, -0.2) is 29.8 Å². The van der Waals surface area contributed by atoms with Crippen LogP contribution in [0.15, 0.2) is 18.2 Å². The highest BCUT2D eigenvalue weighted by molar-refractivity contribution is 5.77. The molecule has 1 aliphatic carbocycles. The SMILES string of the molecule is Cc1ccc(OCC(=O)NC2CCCCCC2O)cc1C. The molecule has 2 rings (SSSR count). The lowest BCUT2D eigenvalue weighted by Gasteiger charge is -2.21. The Balaban J connectivity index is 1.82. The number of benzene rings is 1. The van der Waals surface area contributed by atoms with Crippen LogP contribution in [0.5, 0.6) is 5.75 Å². The third-order valence-electron chi connectivity index (χ3n) is 4.17. The minimum atomic E-state index is -0.432. The Labute approximate surface area is 126 Å². The zero-order chi connectivity index (χ0) is 15.2. The predicted octanol–water partition coefficient (Wildman–Crippen LogP) is 2.49. The molecule has 2 N–H and O–H groups in total. The monoisotopic (exact) mass is 291 g/mol. The molecule has 21 heavy (non-hydrogen) atoms. The largest absolute Gasteiger partial charge is 0.484 e. The fourth-order valence-corrected chi connectivity index (χ4v) is 2.66. The summed E-state index contributed by atoms with van der Waals surface area (Å²) in [6.07, 6.45) is 4.40. The van der Waals surface area contributed by atoms with Crippen molar-refractivity contribution in [3.8, 4) is 5.75 Å². The number of ether oxygens (including phenoxy) is 1. The molecule has 2 unspecified atom stereocenters. The summed E-state index contributed by atoms with van der Waals surface area (Å²) < 4.78 is 5.52. The van der Waals surface area contributed by atoms with Crippen molar-refractivity contribution in [1.29, 1.82) is 0 Å². The number of hydrogen-bond acceptors (Lipinski definition) is 3. The first-order valence-electron chi connectivity index (χ1n) is 7.74. The Morgan fingerprint density at radius 3 is 2.76 bits per heavy atom. The summed E-state index contributed by atoms with van der Waals surface area (Å²) in [5.74, 6) is 0.536. The van der Waals surface area contributed by atoms with E-state index in [9.17, 15) is 9.90 Å². The van der Waals surface area contributed by atoms with E-state index in [1.54, 1.807) is 0 Å². The summed E-state index contributed by atoms with van der Waals surface area (Å²) in [6.45, 7) is 4.05. The van der Waals surface area contributed by atoms with Crippen LogP contribution in [0.1, 0.15) is 43.2 Å². The summed E-state index contributed by atoms with van der Waals surface area (Å²) in [4.78, 5) is 11.9. The first kappa shape index (κ1) is 15.8. The van der Waals surface area contributed by atoms with E-state index in [4.69, 9.17) is 4.74 Å². The zero-order valence-corrected chi connectivity index (χ0v) is 12.9. The van der Waals surface area contributed by atoms with E-state index in [2.05, 4.69) is 5.32 Å². The van der Waals surface area contributed by atoms with Crippen molar-refractivity contribution in [2.45, 2.75) is 58.1 Å². The van der Waals surface area contributed by atoms with Crippen molar-refractivity contribution < 1.29 is 14.6 Å². The third kappa shape index (κ3) is 4.74. The minimum absolute atomic E-state index is 0.00821. The number of aliphatic hydroxyl groups excluding tert-OH is 1. The van der Waals surface area contributed by atoms with Gasteiger partial charge in [0.1, 0.15) is 5.75 Å². The molecule has 1 aromatic carbocycles. The molecule has 1 saturated carbocycles. The van der Waals surface area contributed by atoms with Crippen molar-refractivity contribution in [3.63, 3.8) is 0 Å². The number of rotatable bonds is 4. The van der Waals surface area contributed by atoms with Gasteiger partial charge in [-0.1, -0.05) is 25.3 Å². The first-order chi connectivity index (χ1) is 10.1. The van der Waals surface area contributed by atoms with Crippen LogP contribution in [-0.2, 0) is 4.79 Å². The molecule has 0 saturated heterocycles. The number of amides is 1. The highest BCUT2D eigenvalue weighted by Gasteiger charge is 2.23. The van der Waals surface area contributed by atoms with Gasteiger partial charge in [0.15, 0.2) is 6.61 Å². The smallest absolute Gasteiger partial charge is 0.258 e. The Morgan fingerprint density at radius 1 is 1.24 bits per heavy atom. The molecule has 0 heterocycles. The predicted molar refractivity (Wildman–Crippen MR) is 82.4 cm³/mol. The lowest BCUT2D eigenvalue weighted by Crippen LogP contribution is -2.44. The van der Waals surface area contributed by atoms with Crippen LogP contribution < -0.4 is 10.1 Å². The fraction of sp³-hybridized carbons (Fsp3) is 0.588. The van der Waals surface area contributed by atoms with E-state index in [1.165, 1.54) is 5.56 Å². The quantitative estimate of drug-likeness (QED) is 0.838. The molecule has 4 nitrogen and oxygen atoms in total. The summed E-state index contributed by atoms with van der Waals surface area (Å²) >= 11 is 0. The van der Waals surface area contributed by atoms with E-state index in [-0.39, 0.29) is 18.6 Å².